The van der Waals surface area contributed by atoms with E-state index in [4.69, 9.17) is 27.3 Å². The summed E-state index contributed by atoms with van der Waals surface area (Å²) in [6.45, 7) is 0.271. The van der Waals surface area contributed by atoms with Crippen LogP contribution in [0.25, 0.3) is 0 Å². The Morgan fingerprint density at radius 2 is 2.21 bits per heavy atom. The highest BCUT2D eigenvalue weighted by molar-refractivity contribution is 6.30. The lowest BCUT2D eigenvalue weighted by atomic mass is 10.2. The van der Waals surface area contributed by atoms with Gasteiger partial charge in [0.1, 0.15) is 12.4 Å². The van der Waals surface area contributed by atoms with Crippen molar-refractivity contribution < 1.29 is 9.94 Å². The lowest BCUT2D eigenvalue weighted by molar-refractivity contribution is 0.299. The molecule has 0 radical (unpaired) electrons. The molecule has 0 bridgehead atoms. The van der Waals surface area contributed by atoms with Crippen molar-refractivity contribution in [2.45, 2.75) is 6.61 Å². The molecule has 0 atom stereocenters. The van der Waals surface area contributed by atoms with Gasteiger partial charge >= 0.3 is 0 Å². The van der Waals surface area contributed by atoms with Crippen molar-refractivity contribution in [3.63, 3.8) is 0 Å². The predicted octanol–water partition coefficient (Wildman–Crippen LogP) is 2.41. The van der Waals surface area contributed by atoms with Crippen LogP contribution < -0.4 is 10.5 Å². The first kappa shape index (κ1) is 13.2. The largest absolute Gasteiger partial charge is 0.486 e. The van der Waals surface area contributed by atoms with Gasteiger partial charge in [0.2, 0.25) is 0 Å². The fourth-order valence-electron chi connectivity index (χ4n) is 1.52. The number of hydrogen-bond acceptors (Lipinski definition) is 4. The highest BCUT2D eigenvalue weighted by Crippen LogP contribution is 2.24. The molecular weight excluding hydrogens is 266 g/mol. The molecule has 0 saturated carbocycles. The second-order valence-corrected chi connectivity index (χ2v) is 4.17. The Kier molecular flexibility index (Phi) is 4.20. The molecular formula is C13H12ClN3O2. The second-order valence-electron chi connectivity index (χ2n) is 3.74. The molecule has 0 saturated heterocycles. The van der Waals surface area contributed by atoms with E-state index in [1.54, 1.807) is 24.4 Å². The molecule has 98 valence electrons. The summed E-state index contributed by atoms with van der Waals surface area (Å²) in [6, 6.07) is 10.4. The fraction of sp³-hybridized carbons (Fsp3) is 0.0769. The zero-order valence-electron chi connectivity index (χ0n) is 9.95. The Morgan fingerprint density at radius 3 is 2.89 bits per heavy atom. The van der Waals surface area contributed by atoms with Crippen molar-refractivity contribution in [1.29, 1.82) is 0 Å². The topological polar surface area (TPSA) is 80.7 Å². The Balaban J connectivity index is 2.21. The van der Waals surface area contributed by atoms with Gasteiger partial charge in [-0.2, -0.15) is 0 Å². The maximum absolute atomic E-state index is 8.73. The van der Waals surface area contributed by atoms with E-state index in [1.807, 2.05) is 18.2 Å². The van der Waals surface area contributed by atoms with Gasteiger partial charge in [0.05, 0.1) is 11.3 Å². The van der Waals surface area contributed by atoms with Crippen LogP contribution in [0.3, 0.4) is 0 Å². The van der Waals surface area contributed by atoms with E-state index < -0.39 is 0 Å². The van der Waals surface area contributed by atoms with E-state index in [0.717, 1.165) is 5.69 Å². The molecule has 6 heteroatoms. The minimum Gasteiger partial charge on any atom is -0.486 e. The Labute approximate surface area is 115 Å². The number of benzene rings is 1. The van der Waals surface area contributed by atoms with Gasteiger partial charge in [-0.3, -0.25) is 4.98 Å². The third-order valence-corrected chi connectivity index (χ3v) is 2.66. The molecule has 1 aromatic carbocycles. The van der Waals surface area contributed by atoms with E-state index in [9.17, 15) is 0 Å². The monoisotopic (exact) mass is 277 g/mol. The summed E-state index contributed by atoms with van der Waals surface area (Å²) >= 11 is 5.91. The van der Waals surface area contributed by atoms with Crippen molar-refractivity contribution >= 4 is 17.4 Å². The average molecular weight is 278 g/mol. The molecule has 0 aliphatic carbocycles. The van der Waals surface area contributed by atoms with Crippen LogP contribution in [0, 0.1) is 0 Å². The maximum Gasteiger partial charge on any atom is 0.173 e. The number of rotatable bonds is 4. The molecule has 0 unspecified atom stereocenters. The van der Waals surface area contributed by atoms with Crippen LogP contribution >= 0.6 is 11.6 Å². The Bertz CT molecular complexity index is 588. The number of nitrogens with two attached hydrogens (primary N) is 1. The van der Waals surface area contributed by atoms with Crippen LogP contribution in [0.2, 0.25) is 5.02 Å². The number of halogens is 1. The van der Waals surface area contributed by atoms with Crippen LogP contribution in [-0.4, -0.2) is 16.0 Å². The summed E-state index contributed by atoms with van der Waals surface area (Å²) in [5.41, 5.74) is 6.82. The minimum absolute atomic E-state index is 0.0345. The number of aromatic nitrogens is 1. The van der Waals surface area contributed by atoms with Crippen molar-refractivity contribution in [3.8, 4) is 5.75 Å². The van der Waals surface area contributed by atoms with Crippen LogP contribution in [0.4, 0.5) is 0 Å². The summed E-state index contributed by atoms with van der Waals surface area (Å²) < 4.78 is 5.61. The highest BCUT2D eigenvalue weighted by Gasteiger charge is 2.09. The van der Waals surface area contributed by atoms with Crippen molar-refractivity contribution in [1.82, 2.24) is 4.98 Å². The molecule has 5 nitrogen and oxygen atoms in total. The third kappa shape index (κ3) is 3.35. The van der Waals surface area contributed by atoms with E-state index >= 15 is 0 Å². The Morgan fingerprint density at radius 1 is 1.37 bits per heavy atom. The molecule has 1 heterocycles. The highest BCUT2D eigenvalue weighted by atomic mass is 35.5. The van der Waals surface area contributed by atoms with E-state index in [0.29, 0.717) is 16.3 Å². The summed E-state index contributed by atoms with van der Waals surface area (Å²) in [4.78, 5) is 4.14. The van der Waals surface area contributed by atoms with Crippen LogP contribution in [0.15, 0.2) is 47.8 Å². The lowest BCUT2D eigenvalue weighted by Crippen LogP contribution is -2.15. The standard InChI is InChI=1S/C13H12ClN3O2/c14-9-4-5-11(13(15)17-18)12(7-9)19-8-10-3-1-2-6-16-10/h1-7,18H,8H2,(H2,15,17). The second kappa shape index (κ2) is 6.06. The molecule has 0 fully saturated rings. The quantitative estimate of drug-likeness (QED) is 0.389. The fourth-order valence-corrected chi connectivity index (χ4v) is 1.68. The van der Waals surface area contributed by atoms with Gasteiger partial charge < -0.3 is 15.7 Å². The summed E-state index contributed by atoms with van der Waals surface area (Å²) in [5.74, 6) is 0.404. The van der Waals surface area contributed by atoms with Gasteiger partial charge in [-0.25, -0.2) is 0 Å². The number of hydrogen-bond donors (Lipinski definition) is 2. The number of oxime groups is 1. The van der Waals surface area contributed by atoms with Gasteiger partial charge in [-0.15, -0.1) is 0 Å². The number of pyridine rings is 1. The zero-order chi connectivity index (χ0) is 13.7. The normalized spacial score (nSPS) is 11.3. The molecule has 2 aromatic rings. The summed E-state index contributed by atoms with van der Waals surface area (Å²) in [6.07, 6.45) is 1.68. The molecule has 0 spiro atoms. The molecule has 0 amide bonds. The van der Waals surface area contributed by atoms with Gasteiger partial charge in [-0.1, -0.05) is 22.8 Å². The van der Waals surface area contributed by atoms with Gasteiger partial charge in [0, 0.05) is 11.2 Å². The lowest BCUT2D eigenvalue weighted by Gasteiger charge is -2.10. The van der Waals surface area contributed by atoms with Crippen LogP contribution in [-0.2, 0) is 6.61 Å². The summed E-state index contributed by atoms with van der Waals surface area (Å²) in [5, 5.41) is 12.2. The zero-order valence-corrected chi connectivity index (χ0v) is 10.7. The van der Waals surface area contributed by atoms with Crippen molar-refractivity contribution in [2.75, 3.05) is 0 Å². The van der Waals surface area contributed by atoms with Crippen LogP contribution in [0.5, 0.6) is 5.75 Å². The number of amidine groups is 1. The van der Waals surface area contributed by atoms with Gasteiger partial charge in [-0.05, 0) is 30.3 Å². The molecule has 2 rings (SSSR count). The third-order valence-electron chi connectivity index (χ3n) is 2.43. The first-order valence-electron chi connectivity index (χ1n) is 5.51. The minimum atomic E-state index is -0.0345. The number of nitrogens with zero attached hydrogens (tertiary/aromatic N) is 2. The Hall–Kier alpha value is -2.27. The smallest absolute Gasteiger partial charge is 0.173 e. The van der Waals surface area contributed by atoms with E-state index in [2.05, 4.69) is 10.1 Å². The first-order chi connectivity index (χ1) is 9.20. The maximum atomic E-state index is 8.73. The molecule has 3 N–H and O–H groups in total. The molecule has 1 aromatic heterocycles. The summed E-state index contributed by atoms with van der Waals surface area (Å²) in [7, 11) is 0. The molecule has 19 heavy (non-hydrogen) atoms. The van der Waals surface area contributed by atoms with Gasteiger partial charge in [0.25, 0.3) is 0 Å². The molecule has 0 aliphatic rings. The predicted molar refractivity (Wildman–Crippen MR) is 72.5 cm³/mol. The van der Waals surface area contributed by atoms with E-state index in [-0.39, 0.29) is 12.4 Å². The van der Waals surface area contributed by atoms with Crippen molar-refractivity contribution in [2.24, 2.45) is 10.9 Å². The van der Waals surface area contributed by atoms with Gasteiger partial charge in [0.15, 0.2) is 5.84 Å². The van der Waals surface area contributed by atoms with Crippen molar-refractivity contribution in [3.05, 3.63) is 58.9 Å². The average Bonchev–Trinajstić information content (AvgIpc) is 2.45. The first-order valence-corrected chi connectivity index (χ1v) is 5.88. The molecule has 0 aliphatic heterocycles. The SMILES string of the molecule is N/C(=N/O)c1ccc(Cl)cc1OCc1ccccn1. The van der Waals surface area contributed by atoms with Crippen LogP contribution in [0.1, 0.15) is 11.3 Å². The number of ether oxygens (including phenoxy) is 1. The van der Waals surface area contributed by atoms with E-state index in [1.165, 1.54) is 0 Å².